The Morgan fingerprint density at radius 1 is 1.08 bits per heavy atom. The predicted octanol–water partition coefficient (Wildman–Crippen LogP) is 4.39. The molecule has 0 radical (unpaired) electrons. The molecule has 3 rings (SSSR count). The fraction of sp³-hybridized carbons (Fsp3) is 0.100. The molecule has 25 heavy (non-hydrogen) atoms. The zero-order valence-corrected chi connectivity index (χ0v) is 13.8. The lowest BCUT2D eigenvalue weighted by atomic mass is 10.2. The smallest absolute Gasteiger partial charge is 0.257 e. The van der Waals surface area contributed by atoms with Gasteiger partial charge in [0, 0.05) is 24.6 Å². The summed E-state index contributed by atoms with van der Waals surface area (Å²) in [5.41, 5.74) is 3.90. The summed E-state index contributed by atoms with van der Waals surface area (Å²) in [6.07, 6.45) is 3.17. The van der Waals surface area contributed by atoms with Gasteiger partial charge >= 0.3 is 0 Å². The molecule has 0 aliphatic carbocycles. The van der Waals surface area contributed by atoms with E-state index in [0.29, 0.717) is 12.1 Å². The zero-order chi connectivity index (χ0) is 17.6. The molecule has 2 N–H and O–H groups in total. The minimum absolute atomic E-state index is 0.216. The van der Waals surface area contributed by atoms with Crippen molar-refractivity contribution in [2.75, 3.05) is 10.6 Å². The molecular formula is C20H18FN3O. The number of hydrogen-bond donors (Lipinski definition) is 2. The third-order valence-electron chi connectivity index (χ3n) is 3.80. The second-order valence-electron chi connectivity index (χ2n) is 5.71. The first-order valence-electron chi connectivity index (χ1n) is 7.92. The molecule has 2 aromatic carbocycles. The van der Waals surface area contributed by atoms with Gasteiger partial charge in [-0.15, -0.1) is 0 Å². The van der Waals surface area contributed by atoms with Crippen LogP contribution in [0.4, 0.5) is 15.8 Å². The number of para-hydroxylation sites is 1. The van der Waals surface area contributed by atoms with Gasteiger partial charge in [-0.25, -0.2) is 4.39 Å². The maximum absolute atomic E-state index is 12.9. The Morgan fingerprint density at radius 3 is 2.60 bits per heavy atom. The molecule has 0 atom stereocenters. The second kappa shape index (κ2) is 7.57. The first-order valence-corrected chi connectivity index (χ1v) is 7.92. The third kappa shape index (κ3) is 4.41. The van der Waals surface area contributed by atoms with Gasteiger partial charge in [-0.1, -0.05) is 30.3 Å². The first-order chi connectivity index (χ1) is 12.1. The topological polar surface area (TPSA) is 54.0 Å². The molecule has 0 saturated carbocycles. The van der Waals surface area contributed by atoms with Crippen LogP contribution in [0.2, 0.25) is 0 Å². The van der Waals surface area contributed by atoms with Crippen LogP contribution in [-0.4, -0.2) is 10.9 Å². The van der Waals surface area contributed by atoms with Crippen LogP contribution in [0.1, 0.15) is 21.5 Å². The van der Waals surface area contributed by atoms with E-state index in [-0.39, 0.29) is 11.7 Å². The number of nitrogens with zero attached hydrogens (tertiary/aromatic N) is 1. The highest BCUT2D eigenvalue weighted by atomic mass is 19.1. The van der Waals surface area contributed by atoms with Crippen LogP contribution >= 0.6 is 0 Å². The molecule has 1 heterocycles. The van der Waals surface area contributed by atoms with Crippen molar-refractivity contribution in [3.05, 3.63) is 89.5 Å². The summed E-state index contributed by atoms with van der Waals surface area (Å²) in [5, 5.41) is 6.07. The van der Waals surface area contributed by atoms with E-state index in [9.17, 15) is 9.18 Å². The van der Waals surface area contributed by atoms with Crippen molar-refractivity contribution in [3.8, 4) is 0 Å². The van der Waals surface area contributed by atoms with E-state index in [1.807, 2.05) is 31.2 Å². The van der Waals surface area contributed by atoms with Crippen molar-refractivity contribution < 1.29 is 9.18 Å². The van der Waals surface area contributed by atoms with Gasteiger partial charge in [-0.3, -0.25) is 9.78 Å². The van der Waals surface area contributed by atoms with Crippen molar-refractivity contribution in [3.63, 3.8) is 0 Å². The highest BCUT2D eigenvalue weighted by Gasteiger charge is 2.09. The SMILES string of the molecule is Cc1ccccc1NC(=O)c1cncc(NCc2ccc(F)cc2)c1. The van der Waals surface area contributed by atoms with Gasteiger partial charge in [0.25, 0.3) is 5.91 Å². The molecule has 0 saturated heterocycles. The Kier molecular flexibility index (Phi) is 5.04. The van der Waals surface area contributed by atoms with E-state index >= 15 is 0 Å². The summed E-state index contributed by atoms with van der Waals surface area (Å²) in [5.74, 6) is -0.479. The van der Waals surface area contributed by atoms with Crippen molar-refractivity contribution >= 4 is 17.3 Å². The number of benzene rings is 2. The number of rotatable bonds is 5. The number of amides is 1. The van der Waals surface area contributed by atoms with E-state index in [1.165, 1.54) is 18.3 Å². The van der Waals surface area contributed by atoms with Crippen LogP contribution in [0.5, 0.6) is 0 Å². The molecular weight excluding hydrogens is 317 g/mol. The summed E-state index contributed by atoms with van der Waals surface area (Å²) >= 11 is 0. The Bertz CT molecular complexity index is 878. The maximum Gasteiger partial charge on any atom is 0.257 e. The standard InChI is InChI=1S/C20H18FN3O/c1-14-4-2-3-5-19(14)24-20(25)16-10-18(13-22-12-16)23-11-15-6-8-17(21)9-7-15/h2-10,12-13,23H,11H2,1H3,(H,24,25). The van der Waals surface area contributed by atoms with E-state index in [0.717, 1.165) is 22.5 Å². The van der Waals surface area contributed by atoms with Crippen LogP contribution < -0.4 is 10.6 Å². The van der Waals surface area contributed by atoms with Gasteiger partial charge in [0.15, 0.2) is 0 Å². The Balaban J connectivity index is 1.67. The second-order valence-corrected chi connectivity index (χ2v) is 5.71. The first kappa shape index (κ1) is 16.6. The number of anilines is 2. The summed E-state index contributed by atoms with van der Waals surface area (Å²) in [7, 11) is 0. The molecule has 0 spiro atoms. The lowest BCUT2D eigenvalue weighted by Gasteiger charge is -2.10. The van der Waals surface area contributed by atoms with Crippen LogP contribution in [0.25, 0.3) is 0 Å². The predicted molar refractivity (Wildman–Crippen MR) is 97.1 cm³/mol. The molecule has 0 unspecified atom stereocenters. The summed E-state index contributed by atoms with van der Waals surface area (Å²) in [6, 6.07) is 15.6. The Morgan fingerprint density at radius 2 is 1.84 bits per heavy atom. The zero-order valence-electron chi connectivity index (χ0n) is 13.8. The fourth-order valence-electron chi connectivity index (χ4n) is 2.37. The van der Waals surface area contributed by atoms with Gasteiger partial charge < -0.3 is 10.6 Å². The van der Waals surface area contributed by atoms with Crippen LogP contribution in [0.15, 0.2) is 67.0 Å². The van der Waals surface area contributed by atoms with E-state index in [1.54, 1.807) is 24.4 Å². The molecule has 0 bridgehead atoms. The van der Waals surface area contributed by atoms with Gasteiger partial charge in [0.2, 0.25) is 0 Å². The van der Waals surface area contributed by atoms with Gasteiger partial charge in [-0.05, 0) is 42.3 Å². The molecule has 0 aliphatic rings. The van der Waals surface area contributed by atoms with Gasteiger partial charge in [0.1, 0.15) is 5.82 Å². The molecule has 1 aromatic heterocycles. The third-order valence-corrected chi connectivity index (χ3v) is 3.80. The number of hydrogen-bond acceptors (Lipinski definition) is 3. The number of halogens is 1. The molecule has 0 fully saturated rings. The number of aryl methyl sites for hydroxylation is 1. The summed E-state index contributed by atoms with van der Waals surface area (Å²) in [6.45, 7) is 2.46. The fourth-order valence-corrected chi connectivity index (χ4v) is 2.37. The van der Waals surface area contributed by atoms with Gasteiger partial charge in [0.05, 0.1) is 11.3 Å². The summed E-state index contributed by atoms with van der Waals surface area (Å²) in [4.78, 5) is 16.5. The average Bonchev–Trinajstić information content (AvgIpc) is 2.63. The average molecular weight is 335 g/mol. The largest absolute Gasteiger partial charge is 0.380 e. The highest BCUT2D eigenvalue weighted by molar-refractivity contribution is 6.04. The van der Waals surface area contributed by atoms with Crippen LogP contribution in [0.3, 0.4) is 0 Å². The molecule has 4 nitrogen and oxygen atoms in total. The number of carbonyl (C=O) groups is 1. The number of carbonyl (C=O) groups excluding carboxylic acids is 1. The Labute approximate surface area is 145 Å². The number of nitrogens with one attached hydrogen (secondary N) is 2. The van der Waals surface area contributed by atoms with Crippen molar-refractivity contribution in [1.82, 2.24) is 4.98 Å². The summed E-state index contributed by atoms with van der Waals surface area (Å²) < 4.78 is 12.9. The monoisotopic (exact) mass is 335 g/mol. The van der Waals surface area contributed by atoms with Crippen molar-refractivity contribution in [2.45, 2.75) is 13.5 Å². The molecule has 1 amide bonds. The highest BCUT2D eigenvalue weighted by Crippen LogP contribution is 2.16. The lowest BCUT2D eigenvalue weighted by Crippen LogP contribution is -2.13. The molecule has 3 aromatic rings. The Hall–Kier alpha value is -3.21. The quantitative estimate of drug-likeness (QED) is 0.727. The van der Waals surface area contributed by atoms with Crippen LogP contribution in [0, 0.1) is 12.7 Å². The minimum atomic E-state index is -0.264. The van der Waals surface area contributed by atoms with E-state index < -0.39 is 0 Å². The van der Waals surface area contributed by atoms with Gasteiger partial charge in [-0.2, -0.15) is 0 Å². The molecule has 5 heteroatoms. The number of pyridine rings is 1. The van der Waals surface area contributed by atoms with E-state index in [2.05, 4.69) is 15.6 Å². The maximum atomic E-state index is 12.9. The van der Waals surface area contributed by atoms with Crippen molar-refractivity contribution in [1.29, 1.82) is 0 Å². The lowest BCUT2D eigenvalue weighted by molar-refractivity contribution is 0.102. The molecule has 0 aliphatic heterocycles. The minimum Gasteiger partial charge on any atom is -0.380 e. The molecule has 126 valence electrons. The normalized spacial score (nSPS) is 10.3. The van der Waals surface area contributed by atoms with Crippen molar-refractivity contribution in [2.24, 2.45) is 0 Å². The number of aromatic nitrogens is 1. The van der Waals surface area contributed by atoms with Crippen LogP contribution in [-0.2, 0) is 6.54 Å². The van der Waals surface area contributed by atoms with E-state index in [4.69, 9.17) is 0 Å².